The number of nitrogens with one attached hydrogen (secondary N) is 1. The summed E-state index contributed by atoms with van der Waals surface area (Å²) in [6.45, 7) is 4.16. The van der Waals surface area contributed by atoms with Crippen LogP contribution in [0.5, 0.6) is 0 Å². The van der Waals surface area contributed by atoms with E-state index < -0.39 is 0 Å². The molecule has 0 radical (unpaired) electrons. The zero-order valence-electron chi connectivity index (χ0n) is 13.9. The third-order valence-corrected chi connectivity index (χ3v) is 4.58. The summed E-state index contributed by atoms with van der Waals surface area (Å²) in [6.07, 6.45) is 4.56. The SMILES string of the molecule is CNCCC1CCN(Cc2nc(Cc3ccccc3)no2)CC1. The Morgan fingerprint density at radius 1 is 1.22 bits per heavy atom. The van der Waals surface area contributed by atoms with Crippen LogP contribution in [-0.4, -0.2) is 41.7 Å². The Balaban J connectivity index is 1.46. The van der Waals surface area contributed by atoms with E-state index in [2.05, 4.69) is 32.5 Å². The summed E-state index contributed by atoms with van der Waals surface area (Å²) in [5, 5.41) is 7.35. The fourth-order valence-electron chi connectivity index (χ4n) is 3.18. The van der Waals surface area contributed by atoms with Crippen LogP contribution in [0.1, 0.15) is 36.5 Å². The molecule has 5 heteroatoms. The lowest BCUT2D eigenvalue weighted by molar-refractivity contribution is 0.155. The fourth-order valence-corrected chi connectivity index (χ4v) is 3.18. The van der Waals surface area contributed by atoms with E-state index in [1.165, 1.54) is 24.8 Å². The highest BCUT2D eigenvalue weighted by atomic mass is 16.5. The van der Waals surface area contributed by atoms with Crippen molar-refractivity contribution in [3.8, 4) is 0 Å². The standard InChI is InChI=1S/C18H26N4O/c1-19-10-7-15-8-11-22(12-9-15)14-18-20-17(21-23-18)13-16-5-3-2-4-6-16/h2-6,15,19H,7-14H2,1H3. The van der Waals surface area contributed by atoms with E-state index in [4.69, 9.17) is 4.52 Å². The summed E-state index contributed by atoms with van der Waals surface area (Å²) in [6, 6.07) is 10.3. The van der Waals surface area contributed by atoms with Crippen LogP contribution in [0.15, 0.2) is 34.9 Å². The average Bonchev–Trinajstić information content (AvgIpc) is 3.02. The molecule has 1 aromatic carbocycles. The first-order valence-electron chi connectivity index (χ1n) is 8.56. The highest BCUT2D eigenvalue weighted by molar-refractivity contribution is 5.18. The van der Waals surface area contributed by atoms with Gasteiger partial charge in [0.15, 0.2) is 5.82 Å². The van der Waals surface area contributed by atoms with Crippen LogP contribution in [0.4, 0.5) is 0 Å². The minimum Gasteiger partial charge on any atom is -0.338 e. The van der Waals surface area contributed by atoms with Crippen LogP contribution >= 0.6 is 0 Å². The van der Waals surface area contributed by atoms with Crippen molar-refractivity contribution in [1.29, 1.82) is 0 Å². The predicted octanol–water partition coefficient (Wildman–Crippen LogP) is 2.48. The molecule has 0 bridgehead atoms. The maximum Gasteiger partial charge on any atom is 0.240 e. The van der Waals surface area contributed by atoms with Crippen molar-refractivity contribution in [2.24, 2.45) is 5.92 Å². The third-order valence-electron chi connectivity index (χ3n) is 4.58. The summed E-state index contributed by atoms with van der Waals surface area (Å²) in [5.41, 5.74) is 1.21. The van der Waals surface area contributed by atoms with Crippen molar-refractivity contribution in [3.63, 3.8) is 0 Å². The second-order valence-corrected chi connectivity index (χ2v) is 6.38. The monoisotopic (exact) mass is 314 g/mol. The van der Waals surface area contributed by atoms with Crippen LogP contribution in [0, 0.1) is 5.92 Å². The quantitative estimate of drug-likeness (QED) is 0.851. The van der Waals surface area contributed by atoms with E-state index in [0.29, 0.717) is 0 Å². The van der Waals surface area contributed by atoms with Crippen molar-refractivity contribution in [2.75, 3.05) is 26.7 Å². The lowest BCUT2D eigenvalue weighted by Gasteiger charge is -2.30. The first kappa shape index (κ1) is 16.1. The smallest absolute Gasteiger partial charge is 0.240 e. The van der Waals surface area contributed by atoms with Crippen LogP contribution in [-0.2, 0) is 13.0 Å². The molecule has 0 atom stereocenters. The van der Waals surface area contributed by atoms with Gasteiger partial charge in [0.2, 0.25) is 5.89 Å². The summed E-state index contributed by atoms with van der Waals surface area (Å²) >= 11 is 0. The van der Waals surface area contributed by atoms with Gasteiger partial charge in [-0.2, -0.15) is 4.98 Å². The fraction of sp³-hybridized carbons (Fsp3) is 0.556. The number of piperidine rings is 1. The molecule has 0 unspecified atom stereocenters. The van der Waals surface area contributed by atoms with Crippen molar-refractivity contribution in [3.05, 3.63) is 47.6 Å². The Bertz CT molecular complexity index is 576. The number of nitrogens with zero attached hydrogens (tertiary/aromatic N) is 3. The van der Waals surface area contributed by atoms with Gasteiger partial charge in [0.25, 0.3) is 0 Å². The molecule has 3 rings (SSSR count). The first-order valence-corrected chi connectivity index (χ1v) is 8.56. The highest BCUT2D eigenvalue weighted by Crippen LogP contribution is 2.21. The molecule has 1 aliphatic heterocycles. The Morgan fingerprint density at radius 3 is 2.74 bits per heavy atom. The number of benzene rings is 1. The Kier molecular flexibility index (Phi) is 5.77. The van der Waals surface area contributed by atoms with Crippen molar-refractivity contribution < 1.29 is 4.52 Å². The molecule has 1 saturated heterocycles. The molecule has 1 aliphatic rings. The maximum absolute atomic E-state index is 5.42. The summed E-state index contributed by atoms with van der Waals surface area (Å²) < 4.78 is 5.42. The first-order chi connectivity index (χ1) is 11.3. The van der Waals surface area contributed by atoms with Gasteiger partial charge in [0.05, 0.1) is 6.54 Å². The van der Waals surface area contributed by atoms with Gasteiger partial charge in [0, 0.05) is 6.42 Å². The largest absolute Gasteiger partial charge is 0.338 e. The summed E-state index contributed by atoms with van der Waals surface area (Å²) in [7, 11) is 2.03. The van der Waals surface area contributed by atoms with Gasteiger partial charge in [-0.3, -0.25) is 4.90 Å². The minimum atomic E-state index is 0.733. The van der Waals surface area contributed by atoms with Crippen LogP contribution < -0.4 is 5.32 Å². The molecule has 0 amide bonds. The van der Waals surface area contributed by atoms with Crippen LogP contribution in [0.2, 0.25) is 0 Å². The molecule has 5 nitrogen and oxygen atoms in total. The lowest BCUT2D eigenvalue weighted by atomic mass is 9.93. The average molecular weight is 314 g/mol. The Morgan fingerprint density at radius 2 is 2.00 bits per heavy atom. The zero-order valence-corrected chi connectivity index (χ0v) is 13.9. The molecule has 124 valence electrons. The molecule has 1 fully saturated rings. The molecule has 0 saturated carbocycles. The number of likely N-dealkylation sites (tertiary alicyclic amines) is 1. The maximum atomic E-state index is 5.42. The molecular formula is C18H26N4O. The molecule has 0 aliphatic carbocycles. The van der Waals surface area contributed by atoms with E-state index in [1.807, 2.05) is 25.2 Å². The molecule has 23 heavy (non-hydrogen) atoms. The number of hydrogen-bond donors (Lipinski definition) is 1. The van der Waals surface area contributed by atoms with Crippen molar-refractivity contribution in [2.45, 2.75) is 32.2 Å². The molecule has 2 heterocycles. The van der Waals surface area contributed by atoms with E-state index in [0.717, 1.165) is 50.2 Å². The van der Waals surface area contributed by atoms with Crippen molar-refractivity contribution >= 4 is 0 Å². The molecular weight excluding hydrogens is 288 g/mol. The predicted molar refractivity (Wildman–Crippen MR) is 90.1 cm³/mol. The molecule has 1 N–H and O–H groups in total. The number of rotatable bonds is 7. The summed E-state index contributed by atoms with van der Waals surface area (Å²) in [4.78, 5) is 6.97. The van der Waals surface area contributed by atoms with Crippen molar-refractivity contribution in [1.82, 2.24) is 20.4 Å². The number of hydrogen-bond acceptors (Lipinski definition) is 5. The van der Waals surface area contributed by atoms with Gasteiger partial charge in [-0.25, -0.2) is 0 Å². The topological polar surface area (TPSA) is 54.2 Å². The normalized spacial score (nSPS) is 16.7. The minimum absolute atomic E-state index is 0.733. The molecule has 2 aromatic rings. The third kappa shape index (κ3) is 4.88. The zero-order chi connectivity index (χ0) is 15.9. The van der Waals surface area contributed by atoms with E-state index >= 15 is 0 Å². The highest BCUT2D eigenvalue weighted by Gasteiger charge is 2.20. The Hall–Kier alpha value is -1.72. The molecule has 0 spiro atoms. The van der Waals surface area contributed by atoms with Crippen LogP contribution in [0.25, 0.3) is 0 Å². The lowest BCUT2D eigenvalue weighted by Crippen LogP contribution is -2.34. The van der Waals surface area contributed by atoms with E-state index in [-0.39, 0.29) is 0 Å². The number of aromatic nitrogens is 2. The summed E-state index contributed by atoms with van der Waals surface area (Å²) in [5.74, 6) is 2.37. The van der Waals surface area contributed by atoms with Gasteiger partial charge in [-0.15, -0.1) is 0 Å². The van der Waals surface area contributed by atoms with Crippen LogP contribution in [0.3, 0.4) is 0 Å². The second-order valence-electron chi connectivity index (χ2n) is 6.38. The van der Waals surface area contributed by atoms with E-state index in [1.54, 1.807) is 0 Å². The molecule has 1 aromatic heterocycles. The van der Waals surface area contributed by atoms with Gasteiger partial charge >= 0.3 is 0 Å². The van der Waals surface area contributed by atoms with Gasteiger partial charge in [-0.05, 0) is 57.4 Å². The van der Waals surface area contributed by atoms with E-state index in [9.17, 15) is 0 Å². The second kappa shape index (κ2) is 8.22. The van der Waals surface area contributed by atoms with Gasteiger partial charge < -0.3 is 9.84 Å². The van der Waals surface area contributed by atoms with Gasteiger partial charge in [-0.1, -0.05) is 35.5 Å². The van der Waals surface area contributed by atoms with Gasteiger partial charge in [0.1, 0.15) is 0 Å². The Labute approximate surface area is 138 Å².